The van der Waals surface area contributed by atoms with E-state index in [-0.39, 0.29) is 11.7 Å². The van der Waals surface area contributed by atoms with Crippen molar-refractivity contribution >= 4 is 10.8 Å². The number of nitrogens with one attached hydrogen (secondary N) is 2. The number of ether oxygens (including phenoxy) is 1. The maximum absolute atomic E-state index is 11.9. The molecule has 5 nitrogen and oxygen atoms in total. The van der Waals surface area contributed by atoms with Crippen molar-refractivity contribution in [2.24, 2.45) is 5.92 Å². The Morgan fingerprint density at radius 2 is 2.08 bits per heavy atom. The van der Waals surface area contributed by atoms with Crippen LogP contribution in [-0.4, -0.2) is 48.7 Å². The van der Waals surface area contributed by atoms with Crippen LogP contribution in [0.2, 0.25) is 0 Å². The number of pyridine rings is 1. The number of piperidine rings is 1. The molecular formula is C20H27N3O2. The van der Waals surface area contributed by atoms with Crippen LogP contribution in [0.25, 0.3) is 10.8 Å². The van der Waals surface area contributed by atoms with Crippen LogP contribution in [0, 0.1) is 12.8 Å². The number of H-pyrrole nitrogens is 1. The third-order valence-electron chi connectivity index (χ3n) is 5.58. The van der Waals surface area contributed by atoms with Crippen LogP contribution in [0.15, 0.2) is 29.2 Å². The molecule has 1 unspecified atom stereocenters. The standard InChI is InChI=1S/C20H27N3O2/c1-14-10-18-16(3-7-22-20(18)24)11-19(14)25-17-4-8-23(9-5-17)13-15-2-6-21-12-15/h3,7,10-11,15,17,21H,2,4-6,8-9,12-13H2,1H3,(H,22,24). The highest BCUT2D eigenvalue weighted by Crippen LogP contribution is 2.27. The zero-order valence-corrected chi connectivity index (χ0v) is 14.9. The van der Waals surface area contributed by atoms with Crippen LogP contribution >= 0.6 is 0 Å². The van der Waals surface area contributed by atoms with Gasteiger partial charge in [0, 0.05) is 31.2 Å². The molecule has 2 N–H and O–H groups in total. The lowest BCUT2D eigenvalue weighted by molar-refractivity contribution is 0.0924. The molecule has 134 valence electrons. The minimum absolute atomic E-state index is 0.0399. The second-order valence-electron chi connectivity index (χ2n) is 7.49. The topological polar surface area (TPSA) is 57.4 Å². The van der Waals surface area contributed by atoms with Gasteiger partial charge >= 0.3 is 0 Å². The Hall–Kier alpha value is -1.85. The van der Waals surface area contributed by atoms with Gasteiger partial charge in [0.05, 0.1) is 0 Å². The van der Waals surface area contributed by atoms with E-state index in [2.05, 4.69) is 15.2 Å². The number of fused-ring (bicyclic) bond motifs is 1. The van der Waals surface area contributed by atoms with Crippen molar-refractivity contribution in [1.29, 1.82) is 0 Å². The predicted molar refractivity (Wildman–Crippen MR) is 100 cm³/mol. The molecule has 2 aliphatic heterocycles. The molecule has 2 saturated heterocycles. The first-order valence-electron chi connectivity index (χ1n) is 9.41. The van der Waals surface area contributed by atoms with Crippen molar-refractivity contribution in [2.45, 2.75) is 32.3 Å². The van der Waals surface area contributed by atoms with Crippen LogP contribution in [0.5, 0.6) is 5.75 Å². The molecule has 0 saturated carbocycles. The van der Waals surface area contributed by atoms with Gasteiger partial charge in [0.15, 0.2) is 0 Å². The first-order valence-corrected chi connectivity index (χ1v) is 9.41. The van der Waals surface area contributed by atoms with Gasteiger partial charge < -0.3 is 19.9 Å². The van der Waals surface area contributed by atoms with Crippen molar-refractivity contribution in [3.05, 3.63) is 40.3 Å². The van der Waals surface area contributed by atoms with Gasteiger partial charge in [-0.15, -0.1) is 0 Å². The van der Waals surface area contributed by atoms with Crippen molar-refractivity contribution in [2.75, 3.05) is 32.7 Å². The summed E-state index contributed by atoms with van der Waals surface area (Å²) >= 11 is 0. The maximum Gasteiger partial charge on any atom is 0.255 e. The van der Waals surface area contributed by atoms with Gasteiger partial charge in [-0.25, -0.2) is 0 Å². The number of hydrogen-bond donors (Lipinski definition) is 2. The quantitative estimate of drug-likeness (QED) is 0.896. The van der Waals surface area contributed by atoms with Crippen LogP contribution in [-0.2, 0) is 0 Å². The van der Waals surface area contributed by atoms with E-state index < -0.39 is 0 Å². The Labute approximate surface area is 148 Å². The van der Waals surface area contributed by atoms with E-state index in [1.165, 1.54) is 26.1 Å². The first-order chi connectivity index (χ1) is 12.2. The van der Waals surface area contributed by atoms with Crippen molar-refractivity contribution < 1.29 is 4.74 Å². The highest BCUT2D eigenvalue weighted by Gasteiger charge is 2.24. The number of hydrogen-bond acceptors (Lipinski definition) is 4. The fraction of sp³-hybridized carbons (Fsp3) is 0.550. The monoisotopic (exact) mass is 341 g/mol. The second-order valence-corrected chi connectivity index (χ2v) is 7.49. The summed E-state index contributed by atoms with van der Waals surface area (Å²) in [5, 5.41) is 5.12. The lowest BCUT2D eigenvalue weighted by atomic mass is 10.0. The van der Waals surface area contributed by atoms with Crippen LogP contribution < -0.4 is 15.6 Å². The number of aryl methyl sites for hydroxylation is 1. The van der Waals surface area contributed by atoms with E-state index in [4.69, 9.17) is 4.74 Å². The Morgan fingerprint density at radius 1 is 1.24 bits per heavy atom. The summed E-state index contributed by atoms with van der Waals surface area (Å²) in [6.07, 6.45) is 5.43. The molecule has 2 fully saturated rings. The van der Waals surface area contributed by atoms with Crippen molar-refractivity contribution in [1.82, 2.24) is 15.2 Å². The predicted octanol–water partition coefficient (Wildman–Crippen LogP) is 2.29. The molecule has 0 radical (unpaired) electrons. The van der Waals surface area contributed by atoms with E-state index in [1.54, 1.807) is 6.20 Å². The summed E-state index contributed by atoms with van der Waals surface area (Å²) in [5.41, 5.74) is 0.991. The molecule has 1 aromatic carbocycles. The first kappa shape index (κ1) is 16.6. The molecule has 0 amide bonds. The largest absolute Gasteiger partial charge is 0.490 e. The Kier molecular flexibility index (Phi) is 4.77. The average molecular weight is 341 g/mol. The molecule has 3 heterocycles. The molecule has 0 bridgehead atoms. The SMILES string of the molecule is Cc1cc2c(=O)[nH]ccc2cc1OC1CCN(CC2CCNC2)CC1. The van der Waals surface area contributed by atoms with Crippen molar-refractivity contribution in [3.8, 4) is 5.75 Å². The van der Waals surface area contributed by atoms with E-state index >= 15 is 0 Å². The van der Waals surface area contributed by atoms with E-state index in [1.807, 2.05) is 25.1 Å². The summed E-state index contributed by atoms with van der Waals surface area (Å²) < 4.78 is 6.30. The summed E-state index contributed by atoms with van der Waals surface area (Å²) in [4.78, 5) is 17.2. The molecular weight excluding hydrogens is 314 g/mol. The normalized spacial score (nSPS) is 22.5. The van der Waals surface area contributed by atoms with E-state index in [0.29, 0.717) is 0 Å². The Bertz CT molecular complexity index is 787. The highest BCUT2D eigenvalue weighted by atomic mass is 16.5. The molecule has 0 aliphatic carbocycles. The average Bonchev–Trinajstić information content (AvgIpc) is 3.11. The van der Waals surface area contributed by atoms with E-state index in [9.17, 15) is 4.79 Å². The number of rotatable bonds is 4. The smallest absolute Gasteiger partial charge is 0.255 e. The Balaban J connectivity index is 1.39. The highest BCUT2D eigenvalue weighted by molar-refractivity contribution is 5.83. The number of nitrogens with zero attached hydrogens (tertiary/aromatic N) is 1. The van der Waals surface area contributed by atoms with Crippen LogP contribution in [0.4, 0.5) is 0 Å². The molecule has 5 heteroatoms. The van der Waals surface area contributed by atoms with Gasteiger partial charge in [-0.2, -0.15) is 0 Å². The summed E-state index contributed by atoms with van der Waals surface area (Å²) in [7, 11) is 0. The molecule has 4 rings (SSSR count). The lowest BCUT2D eigenvalue weighted by Crippen LogP contribution is -2.41. The Morgan fingerprint density at radius 3 is 2.84 bits per heavy atom. The zero-order valence-electron chi connectivity index (χ0n) is 14.9. The van der Waals surface area contributed by atoms with Gasteiger partial charge in [0.1, 0.15) is 11.9 Å². The minimum atomic E-state index is -0.0399. The summed E-state index contributed by atoms with van der Waals surface area (Å²) in [5.74, 6) is 1.73. The third kappa shape index (κ3) is 3.72. The molecule has 1 atom stereocenters. The maximum atomic E-state index is 11.9. The molecule has 25 heavy (non-hydrogen) atoms. The van der Waals surface area contributed by atoms with Gasteiger partial charge in [-0.3, -0.25) is 4.79 Å². The number of likely N-dealkylation sites (tertiary alicyclic amines) is 1. The molecule has 0 spiro atoms. The third-order valence-corrected chi connectivity index (χ3v) is 5.58. The lowest BCUT2D eigenvalue weighted by Gasteiger charge is -2.33. The minimum Gasteiger partial charge on any atom is -0.490 e. The fourth-order valence-corrected chi connectivity index (χ4v) is 4.07. The fourth-order valence-electron chi connectivity index (χ4n) is 4.07. The van der Waals surface area contributed by atoms with Gasteiger partial charge in [-0.05, 0) is 74.3 Å². The summed E-state index contributed by atoms with van der Waals surface area (Å²) in [6, 6.07) is 5.88. The van der Waals surface area contributed by atoms with Crippen molar-refractivity contribution in [3.63, 3.8) is 0 Å². The number of aromatic amines is 1. The summed E-state index contributed by atoms with van der Waals surface area (Å²) in [6.45, 7) is 7.82. The van der Waals surface area contributed by atoms with Crippen LogP contribution in [0.1, 0.15) is 24.8 Å². The van der Waals surface area contributed by atoms with Gasteiger partial charge in [-0.1, -0.05) is 0 Å². The molecule has 1 aromatic heterocycles. The van der Waals surface area contributed by atoms with E-state index in [0.717, 1.165) is 53.9 Å². The van der Waals surface area contributed by atoms with Gasteiger partial charge in [0.25, 0.3) is 5.56 Å². The number of aromatic nitrogens is 1. The second kappa shape index (κ2) is 7.18. The van der Waals surface area contributed by atoms with Gasteiger partial charge in [0.2, 0.25) is 0 Å². The molecule has 2 aromatic rings. The van der Waals surface area contributed by atoms with Crippen LogP contribution in [0.3, 0.4) is 0 Å². The molecule has 2 aliphatic rings. The zero-order chi connectivity index (χ0) is 17.2. The number of benzene rings is 1.